The van der Waals surface area contributed by atoms with Crippen LogP contribution in [0.1, 0.15) is 43.0 Å². The van der Waals surface area contributed by atoms with Gasteiger partial charge in [-0.3, -0.25) is 4.98 Å². The van der Waals surface area contributed by atoms with E-state index >= 15 is 0 Å². The molecule has 4 bridgehead atoms. The van der Waals surface area contributed by atoms with Gasteiger partial charge in [-0.05, 0) is 37.8 Å². The van der Waals surface area contributed by atoms with Gasteiger partial charge in [-0.15, -0.1) is 0 Å². The highest BCUT2D eigenvalue weighted by molar-refractivity contribution is 5.94. The molecule has 2 fully saturated rings. The first-order chi connectivity index (χ1) is 16.2. The van der Waals surface area contributed by atoms with Crippen molar-refractivity contribution in [1.82, 2.24) is 24.8 Å². The Labute approximate surface area is 191 Å². The van der Waals surface area contributed by atoms with E-state index in [0.717, 1.165) is 61.7 Å². The van der Waals surface area contributed by atoms with Gasteiger partial charge in [0.15, 0.2) is 5.65 Å². The van der Waals surface area contributed by atoms with E-state index in [0.29, 0.717) is 29.5 Å². The molecule has 0 radical (unpaired) electrons. The molecule has 0 spiro atoms. The zero-order valence-electron chi connectivity index (χ0n) is 18.5. The van der Waals surface area contributed by atoms with Gasteiger partial charge in [-0.1, -0.05) is 0 Å². The quantitative estimate of drug-likeness (QED) is 0.547. The second kappa shape index (κ2) is 8.27. The van der Waals surface area contributed by atoms with Crippen molar-refractivity contribution in [3.63, 3.8) is 0 Å². The van der Waals surface area contributed by atoms with E-state index in [-0.39, 0.29) is 18.2 Å². The summed E-state index contributed by atoms with van der Waals surface area (Å²) >= 11 is 0. The van der Waals surface area contributed by atoms with Crippen LogP contribution >= 0.6 is 0 Å². The molecule has 1 saturated carbocycles. The lowest BCUT2D eigenvalue weighted by molar-refractivity contribution is -0.0336. The summed E-state index contributed by atoms with van der Waals surface area (Å²) in [5, 5.41) is 9.67. The average molecular weight is 450 g/mol. The van der Waals surface area contributed by atoms with Gasteiger partial charge in [0.1, 0.15) is 17.7 Å². The van der Waals surface area contributed by atoms with E-state index in [2.05, 4.69) is 27.0 Å². The first kappa shape index (κ1) is 20.4. The molecule has 2 atom stereocenters. The predicted octanol–water partition coefficient (Wildman–Crippen LogP) is 3.12. The molecule has 33 heavy (non-hydrogen) atoms. The lowest BCUT2D eigenvalue weighted by atomic mass is 9.89. The van der Waals surface area contributed by atoms with Crippen molar-refractivity contribution in [3.8, 4) is 0 Å². The van der Waals surface area contributed by atoms with E-state index < -0.39 is 0 Å². The van der Waals surface area contributed by atoms with E-state index in [1.807, 2.05) is 19.2 Å². The lowest BCUT2D eigenvalue weighted by Gasteiger charge is -2.36. The number of fused-ring (bicyclic) bond motifs is 4. The van der Waals surface area contributed by atoms with Crippen LogP contribution < -0.4 is 16.0 Å². The number of anilines is 3. The molecular weight excluding hydrogens is 422 g/mol. The summed E-state index contributed by atoms with van der Waals surface area (Å²) < 4.78 is 13.2. The minimum atomic E-state index is -0.252. The number of nitrogens with one attached hydrogen (secondary N) is 3. The molecule has 3 aromatic rings. The maximum Gasteiger partial charge on any atom is 0.328 e. The molecule has 10 nitrogen and oxygen atoms in total. The monoisotopic (exact) mass is 449 g/mol. The van der Waals surface area contributed by atoms with Crippen LogP contribution in [-0.4, -0.2) is 58.0 Å². The third-order valence-corrected chi connectivity index (χ3v) is 6.77. The van der Waals surface area contributed by atoms with E-state index in [4.69, 9.17) is 19.4 Å². The number of carbonyl (C=O) groups excluding carboxylic acids is 1. The lowest BCUT2D eigenvalue weighted by Crippen LogP contribution is -2.52. The minimum absolute atomic E-state index is 0.0342. The van der Waals surface area contributed by atoms with Crippen LogP contribution in [0.4, 0.5) is 22.0 Å². The normalized spacial score (nSPS) is 23.2. The molecule has 5 heterocycles. The number of amides is 1. The number of carbonyl (C=O) groups is 1. The Kier molecular flexibility index (Phi) is 5.11. The summed E-state index contributed by atoms with van der Waals surface area (Å²) in [7, 11) is 1.83. The SMILES string of the molecule is CNc1cc2nc3c1ncn3C(=O)N[C@@H]1CC[C@H]1OCc1cc(cc(C3CCOCC3)n1)N2. The van der Waals surface area contributed by atoms with Crippen molar-refractivity contribution in [3.05, 3.63) is 35.9 Å². The number of aromatic nitrogens is 4. The molecule has 10 heteroatoms. The Morgan fingerprint density at radius 3 is 2.79 bits per heavy atom. The highest BCUT2D eigenvalue weighted by atomic mass is 16.5. The average Bonchev–Trinajstić information content (AvgIpc) is 3.25. The third-order valence-electron chi connectivity index (χ3n) is 6.77. The Bertz CT molecular complexity index is 1200. The third kappa shape index (κ3) is 3.79. The van der Waals surface area contributed by atoms with E-state index in [9.17, 15) is 4.79 Å². The van der Waals surface area contributed by atoms with Gasteiger partial charge in [-0.2, -0.15) is 0 Å². The standard InChI is InChI=1S/C23H27N7O3/c1-24-18-10-20-27-14-8-15(26-17(9-14)13-4-6-32-7-5-13)11-33-19-3-2-16(19)28-23(31)30-12-25-21(18)22(30)29-20/h8-10,12-13,16,19H,2-7,11H2,1H3,(H,28,31)(H2,24,27,29)/t16-,19-/m1/s1. The second-order valence-electron chi connectivity index (χ2n) is 8.86. The van der Waals surface area contributed by atoms with Gasteiger partial charge in [-0.25, -0.2) is 19.3 Å². The van der Waals surface area contributed by atoms with Crippen molar-refractivity contribution < 1.29 is 14.3 Å². The maximum absolute atomic E-state index is 13.0. The minimum Gasteiger partial charge on any atom is -0.386 e. The Morgan fingerprint density at radius 1 is 1.12 bits per heavy atom. The van der Waals surface area contributed by atoms with Crippen molar-refractivity contribution in [2.24, 2.45) is 0 Å². The predicted molar refractivity (Wildman–Crippen MR) is 123 cm³/mol. The van der Waals surface area contributed by atoms with E-state index in [1.165, 1.54) is 10.9 Å². The molecule has 1 aliphatic carbocycles. The van der Waals surface area contributed by atoms with Gasteiger partial charge >= 0.3 is 6.03 Å². The zero-order valence-corrected chi connectivity index (χ0v) is 18.5. The van der Waals surface area contributed by atoms with Gasteiger partial charge in [0.05, 0.1) is 30.1 Å². The fourth-order valence-electron chi connectivity index (χ4n) is 4.76. The first-order valence-electron chi connectivity index (χ1n) is 11.5. The molecule has 0 unspecified atom stereocenters. The largest absolute Gasteiger partial charge is 0.386 e. The summed E-state index contributed by atoms with van der Waals surface area (Å²) in [4.78, 5) is 27.1. The second-order valence-corrected chi connectivity index (χ2v) is 8.86. The number of imidazole rings is 1. The number of pyridine rings is 2. The van der Waals surface area contributed by atoms with Crippen molar-refractivity contribution in [2.75, 3.05) is 30.9 Å². The van der Waals surface area contributed by atoms with Crippen LogP contribution in [-0.2, 0) is 16.1 Å². The molecule has 1 saturated heterocycles. The summed E-state index contributed by atoms with van der Waals surface area (Å²) in [6.07, 6.45) is 5.19. The highest BCUT2D eigenvalue weighted by Crippen LogP contribution is 2.32. The van der Waals surface area contributed by atoms with Crippen molar-refractivity contribution in [1.29, 1.82) is 0 Å². The van der Waals surface area contributed by atoms with Crippen LogP contribution in [0.15, 0.2) is 24.5 Å². The fourth-order valence-corrected chi connectivity index (χ4v) is 4.76. The van der Waals surface area contributed by atoms with Crippen LogP contribution in [0.3, 0.4) is 0 Å². The Balaban J connectivity index is 1.45. The van der Waals surface area contributed by atoms with Crippen LogP contribution in [0.5, 0.6) is 0 Å². The molecule has 0 aromatic carbocycles. The summed E-state index contributed by atoms with van der Waals surface area (Å²) in [5.74, 6) is 0.981. The number of nitrogens with zero attached hydrogens (tertiary/aromatic N) is 4. The molecule has 1 amide bonds. The van der Waals surface area contributed by atoms with Crippen molar-refractivity contribution in [2.45, 2.75) is 50.4 Å². The van der Waals surface area contributed by atoms with E-state index in [1.54, 1.807) is 0 Å². The fraction of sp³-hybridized carbons (Fsp3) is 0.478. The first-order valence-corrected chi connectivity index (χ1v) is 11.5. The van der Waals surface area contributed by atoms with Crippen LogP contribution in [0, 0.1) is 0 Å². The molecule has 6 rings (SSSR count). The zero-order chi connectivity index (χ0) is 22.4. The summed E-state index contributed by atoms with van der Waals surface area (Å²) in [6, 6.07) is 5.71. The summed E-state index contributed by atoms with van der Waals surface area (Å²) in [6.45, 7) is 1.91. The molecule has 2 aliphatic heterocycles. The molecular formula is C23H27N7O3. The smallest absolute Gasteiger partial charge is 0.328 e. The molecule has 3 aromatic heterocycles. The Hall–Kier alpha value is -3.24. The van der Waals surface area contributed by atoms with Crippen LogP contribution in [0.2, 0.25) is 0 Å². The Morgan fingerprint density at radius 2 is 2.00 bits per heavy atom. The van der Waals surface area contributed by atoms with Gasteiger partial charge < -0.3 is 25.4 Å². The summed E-state index contributed by atoms with van der Waals surface area (Å²) in [5.41, 5.74) is 4.75. The maximum atomic E-state index is 13.0. The van der Waals surface area contributed by atoms with Gasteiger partial charge in [0.25, 0.3) is 0 Å². The number of ether oxygens (including phenoxy) is 2. The number of hydrogen-bond acceptors (Lipinski definition) is 8. The highest BCUT2D eigenvalue weighted by Gasteiger charge is 2.34. The number of hydrogen-bond donors (Lipinski definition) is 3. The van der Waals surface area contributed by atoms with Crippen LogP contribution in [0.25, 0.3) is 11.2 Å². The molecule has 172 valence electrons. The van der Waals surface area contributed by atoms with Crippen molar-refractivity contribution >= 4 is 34.4 Å². The topological polar surface area (TPSA) is 115 Å². The van der Waals surface area contributed by atoms with Gasteiger partial charge in [0.2, 0.25) is 0 Å². The number of rotatable bonds is 2. The van der Waals surface area contributed by atoms with Gasteiger partial charge in [0, 0.05) is 43.6 Å². The molecule has 3 N–H and O–H groups in total. The molecule has 3 aliphatic rings.